The van der Waals surface area contributed by atoms with Gasteiger partial charge in [0.25, 0.3) is 11.2 Å². The van der Waals surface area contributed by atoms with Crippen LogP contribution in [0.3, 0.4) is 0 Å². The lowest BCUT2D eigenvalue weighted by atomic mass is 9.85. The van der Waals surface area contributed by atoms with Gasteiger partial charge in [0, 0.05) is 16.5 Å². The van der Waals surface area contributed by atoms with Crippen molar-refractivity contribution in [2.24, 2.45) is 4.99 Å². The Labute approximate surface area is 201 Å². The second-order valence-corrected chi connectivity index (χ2v) is 10.1. The molecule has 0 bridgehead atoms. The third-order valence-electron chi connectivity index (χ3n) is 6.16. The highest BCUT2D eigenvalue weighted by molar-refractivity contribution is 7.10. The van der Waals surface area contributed by atoms with Gasteiger partial charge in [0.1, 0.15) is 0 Å². The van der Waals surface area contributed by atoms with Crippen molar-refractivity contribution < 1.29 is 10.0 Å². The largest absolute Gasteiger partial charge is 0.868 e. The molecule has 3 heterocycles. The summed E-state index contributed by atoms with van der Waals surface area (Å²) in [6.45, 7) is 0. The molecule has 0 saturated carbocycles. The first-order valence-corrected chi connectivity index (χ1v) is 12.3. The van der Waals surface area contributed by atoms with Gasteiger partial charge in [-0.25, -0.2) is 4.99 Å². The lowest BCUT2D eigenvalue weighted by Crippen LogP contribution is -2.38. The van der Waals surface area contributed by atoms with E-state index in [0.29, 0.717) is 14.9 Å². The van der Waals surface area contributed by atoms with Crippen molar-refractivity contribution >= 4 is 40.1 Å². The van der Waals surface area contributed by atoms with E-state index in [1.807, 2.05) is 29.6 Å². The highest BCUT2D eigenvalue weighted by atomic mass is 32.1. The smallest absolute Gasteiger partial charge is 0.271 e. The quantitative estimate of drug-likeness (QED) is 0.327. The van der Waals surface area contributed by atoms with Gasteiger partial charge in [0.2, 0.25) is 0 Å². The fourth-order valence-electron chi connectivity index (χ4n) is 4.64. The average molecular weight is 487 g/mol. The molecule has 2 aromatic carbocycles. The zero-order chi connectivity index (χ0) is 23.4. The normalized spacial score (nSPS) is 17.1. The number of allylic oxidation sites excluding steroid dienone is 1. The zero-order valence-corrected chi connectivity index (χ0v) is 19.3. The van der Waals surface area contributed by atoms with Crippen LogP contribution in [0.15, 0.2) is 75.3 Å². The predicted molar refractivity (Wildman–Crippen MR) is 130 cm³/mol. The van der Waals surface area contributed by atoms with Gasteiger partial charge in [-0.2, -0.15) is 0 Å². The molecule has 34 heavy (non-hydrogen) atoms. The molecule has 1 aliphatic heterocycles. The van der Waals surface area contributed by atoms with Crippen LogP contribution in [0.25, 0.3) is 11.8 Å². The topological polar surface area (TPSA) is 101 Å². The second-order valence-electron chi connectivity index (χ2n) is 8.11. The Morgan fingerprint density at radius 3 is 2.76 bits per heavy atom. The van der Waals surface area contributed by atoms with Crippen molar-refractivity contribution in [3.8, 4) is 5.75 Å². The van der Waals surface area contributed by atoms with Gasteiger partial charge in [-0.1, -0.05) is 53.8 Å². The monoisotopic (exact) mass is 486 g/mol. The fourth-order valence-corrected chi connectivity index (χ4v) is 6.49. The lowest BCUT2D eigenvalue weighted by molar-refractivity contribution is -0.398. The van der Waals surface area contributed by atoms with Gasteiger partial charge in [0.05, 0.1) is 21.2 Å². The van der Waals surface area contributed by atoms with Gasteiger partial charge >= 0.3 is 0 Å². The van der Waals surface area contributed by atoms with Crippen LogP contribution in [0, 0.1) is 10.1 Å². The van der Waals surface area contributed by atoms with Gasteiger partial charge in [-0.15, -0.1) is 11.3 Å². The molecule has 0 saturated heterocycles. The van der Waals surface area contributed by atoms with Gasteiger partial charge in [0.15, 0.2) is 4.80 Å². The first-order valence-electron chi connectivity index (χ1n) is 10.6. The molecule has 0 fully saturated rings. The molecule has 0 N–H and O–H groups in total. The van der Waals surface area contributed by atoms with Gasteiger partial charge in [-0.3, -0.25) is 19.5 Å². The molecule has 4 aromatic rings. The maximum Gasteiger partial charge on any atom is 0.271 e. The Morgan fingerprint density at radius 1 is 1.12 bits per heavy atom. The van der Waals surface area contributed by atoms with Crippen LogP contribution in [-0.2, 0) is 6.42 Å². The summed E-state index contributed by atoms with van der Waals surface area (Å²) in [6, 6.07) is 15.9. The van der Waals surface area contributed by atoms with Crippen LogP contribution in [0.1, 0.15) is 34.0 Å². The first-order chi connectivity index (χ1) is 16.5. The van der Waals surface area contributed by atoms with Crippen molar-refractivity contribution in [1.29, 1.82) is 0 Å². The highest BCUT2D eigenvalue weighted by Gasteiger charge is 2.33. The Bertz CT molecular complexity index is 1680. The maximum absolute atomic E-state index is 13.6. The summed E-state index contributed by atoms with van der Waals surface area (Å²) in [4.78, 5) is 30.7. The molecule has 9 heteroatoms. The number of fused-ring (bicyclic) bond motifs is 3. The van der Waals surface area contributed by atoms with Gasteiger partial charge < -0.3 is 5.11 Å². The summed E-state index contributed by atoms with van der Waals surface area (Å²) in [6.07, 6.45) is 3.31. The lowest BCUT2D eigenvalue weighted by Gasteiger charge is -2.30. The van der Waals surface area contributed by atoms with E-state index >= 15 is 0 Å². The molecule has 168 valence electrons. The van der Waals surface area contributed by atoms with Crippen LogP contribution in [0.2, 0.25) is 0 Å². The number of aryl methyl sites for hydroxylation is 1. The van der Waals surface area contributed by atoms with Crippen molar-refractivity contribution in [2.45, 2.75) is 18.9 Å². The SMILES string of the molecule is O=c1/c(=C/c2ccc([O-])c([N+](=O)[O-])c2)sc2n1[C@@H](c1cccs1)C1=C(N=2)c2ccccc2CC1. The van der Waals surface area contributed by atoms with E-state index in [1.165, 1.54) is 29.0 Å². The summed E-state index contributed by atoms with van der Waals surface area (Å²) >= 11 is 2.87. The van der Waals surface area contributed by atoms with Gasteiger partial charge in [-0.05, 0) is 52.8 Å². The standard InChI is InChI=1S/C25H17N3O4S2/c29-19-10-7-14(12-18(19)28(31)32)13-21-24(30)27-23(20-6-3-11-33-20)17-9-8-15-4-1-2-5-16(15)22(17)26-25(27)34-21/h1-7,10-13,23,29H,8-9H2/p-1/b21-13-/t23-/m1/s1. The van der Waals surface area contributed by atoms with E-state index in [4.69, 9.17) is 4.99 Å². The Hall–Kier alpha value is -3.82. The number of thiazole rings is 1. The van der Waals surface area contributed by atoms with E-state index in [0.717, 1.165) is 40.6 Å². The maximum atomic E-state index is 13.6. The van der Waals surface area contributed by atoms with Crippen LogP contribution in [0.4, 0.5) is 5.69 Å². The van der Waals surface area contributed by atoms with E-state index in [2.05, 4.69) is 12.1 Å². The molecule has 7 nitrogen and oxygen atoms in total. The third kappa shape index (κ3) is 3.24. The van der Waals surface area contributed by atoms with Crippen molar-refractivity contribution in [3.05, 3.63) is 117 Å². The summed E-state index contributed by atoms with van der Waals surface area (Å²) in [5, 5.41) is 25.0. The number of hydrogen-bond acceptors (Lipinski definition) is 7. The molecule has 0 radical (unpaired) electrons. The van der Waals surface area contributed by atoms with Crippen LogP contribution in [0.5, 0.6) is 5.75 Å². The number of nitrogens with zero attached hydrogens (tertiary/aromatic N) is 3. The number of thiophene rings is 1. The van der Waals surface area contributed by atoms with E-state index < -0.39 is 16.4 Å². The Kier molecular flexibility index (Phi) is 4.82. The molecule has 2 aromatic heterocycles. The highest BCUT2D eigenvalue weighted by Crippen LogP contribution is 2.42. The van der Waals surface area contributed by atoms with E-state index in [1.54, 1.807) is 22.0 Å². The molecular formula is C25H16N3O4S2-. The summed E-state index contributed by atoms with van der Waals surface area (Å²) in [5.74, 6) is -0.660. The van der Waals surface area contributed by atoms with Crippen molar-refractivity contribution in [3.63, 3.8) is 0 Å². The second kappa shape index (κ2) is 7.89. The number of nitro groups is 1. The molecule has 2 aliphatic rings. The molecule has 0 unspecified atom stereocenters. The van der Waals surface area contributed by atoms with Crippen molar-refractivity contribution in [1.82, 2.24) is 4.57 Å². The van der Waals surface area contributed by atoms with Crippen LogP contribution >= 0.6 is 22.7 Å². The Morgan fingerprint density at radius 2 is 1.97 bits per heavy atom. The zero-order valence-electron chi connectivity index (χ0n) is 17.6. The number of hydrogen-bond donors (Lipinski definition) is 0. The number of benzene rings is 2. The summed E-state index contributed by atoms with van der Waals surface area (Å²) < 4.78 is 2.16. The molecule has 0 amide bonds. The van der Waals surface area contributed by atoms with Crippen molar-refractivity contribution in [2.75, 3.05) is 0 Å². The summed E-state index contributed by atoms with van der Waals surface area (Å²) in [7, 11) is 0. The third-order valence-corrected chi connectivity index (χ3v) is 8.07. The Balaban J connectivity index is 1.59. The van der Waals surface area contributed by atoms with Crippen LogP contribution in [-0.4, -0.2) is 9.49 Å². The van der Waals surface area contributed by atoms with Crippen LogP contribution < -0.4 is 20.0 Å². The number of nitro benzene ring substituents is 1. The summed E-state index contributed by atoms with van der Waals surface area (Å²) in [5.41, 5.74) is 4.14. The molecule has 1 atom stereocenters. The van der Waals surface area contributed by atoms with E-state index in [9.17, 15) is 20.0 Å². The molecule has 6 rings (SSSR count). The average Bonchev–Trinajstić information content (AvgIpc) is 3.47. The first kappa shape index (κ1) is 20.8. The minimum atomic E-state index is -0.705. The minimum Gasteiger partial charge on any atom is -0.868 e. The predicted octanol–water partition coefficient (Wildman–Crippen LogP) is 3.36. The molecule has 0 spiro atoms. The number of aromatic nitrogens is 1. The fraction of sp³-hybridized carbons (Fsp3) is 0.120. The minimum absolute atomic E-state index is 0.193. The van der Waals surface area contributed by atoms with E-state index in [-0.39, 0.29) is 11.6 Å². The molecule has 1 aliphatic carbocycles. The number of rotatable bonds is 3. The molecular weight excluding hydrogens is 470 g/mol.